The van der Waals surface area contributed by atoms with Crippen LogP contribution >= 0.6 is 0 Å². The normalized spacial score (nSPS) is 11.3. The first-order chi connectivity index (χ1) is 10.2. The molecule has 0 bridgehead atoms. The summed E-state index contributed by atoms with van der Waals surface area (Å²) in [7, 11) is 0. The van der Waals surface area contributed by atoms with E-state index < -0.39 is 0 Å². The van der Waals surface area contributed by atoms with E-state index in [-0.39, 0.29) is 5.75 Å². The van der Waals surface area contributed by atoms with Gasteiger partial charge >= 0.3 is 0 Å². The third kappa shape index (κ3) is 2.50. The number of azo groups is 1. The first-order valence-corrected chi connectivity index (χ1v) is 6.85. The Bertz CT molecular complexity index is 838. The predicted octanol–water partition coefficient (Wildman–Crippen LogP) is 5.58. The second-order valence-electron chi connectivity index (χ2n) is 5.07. The maximum absolute atomic E-state index is 9.89. The predicted molar refractivity (Wildman–Crippen MR) is 85.7 cm³/mol. The Kier molecular flexibility index (Phi) is 3.40. The second-order valence-corrected chi connectivity index (χ2v) is 5.07. The summed E-state index contributed by atoms with van der Waals surface area (Å²) in [5.41, 5.74) is 3.95. The molecule has 3 nitrogen and oxygen atoms in total. The molecule has 0 radical (unpaired) electrons. The van der Waals surface area contributed by atoms with Crippen molar-refractivity contribution in [2.45, 2.75) is 13.8 Å². The Labute approximate surface area is 123 Å². The van der Waals surface area contributed by atoms with E-state index in [0.29, 0.717) is 0 Å². The first-order valence-electron chi connectivity index (χ1n) is 6.85. The SMILES string of the molecule is Cc1cccc(N=Nc2ccc(O)c3ccccc23)c1C. The number of hydrogen-bond donors (Lipinski definition) is 1. The smallest absolute Gasteiger partial charge is 0.123 e. The Morgan fingerprint density at radius 1 is 0.714 bits per heavy atom. The lowest BCUT2D eigenvalue weighted by Crippen LogP contribution is -1.79. The number of nitrogens with zero attached hydrogens (tertiary/aromatic N) is 2. The molecule has 3 aromatic carbocycles. The Morgan fingerprint density at radius 3 is 2.24 bits per heavy atom. The number of phenols is 1. The van der Waals surface area contributed by atoms with E-state index in [1.807, 2.05) is 43.3 Å². The molecule has 0 unspecified atom stereocenters. The van der Waals surface area contributed by atoms with Gasteiger partial charge in [0, 0.05) is 10.8 Å². The molecule has 1 N–H and O–H groups in total. The summed E-state index contributed by atoms with van der Waals surface area (Å²) in [4.78, 5) is 0. The average Bonchev–Trinajstić information content (AvgIpc) is 2.51. The van der Waals surface area contributed by atoms with E-state index in [4.69, 9.17) is 0 Å². The van der Waals surface area contributed by atoms with E-state index in [0.717, 1.165) is 27.7 Å². The number of aromatic hydroxyl groups is 1. The fourth-order valence-corrected chi connectivity index (χ4v) is 2.31. The highest BCUT2D eigenvalue weighted by molar-refractivity contribution is 5.96. The zero-order valence-corrected chi connectivity index (χ0v) is 12.0. The van der Waals surface area contributed by atoms with Gasteiger partial charge in [-0.2, -0.15) is 5.11 Å². The van der Waals surface area contributed by atoms with Gasteiger partial charge in [0.1, 0.15) is 5.75 Å². The van der Waals surface area contributed by atoms with Crippen LogP contribution in [0.5, 0.6) is 5.75 Å². The van der Waals surface area contributed by atoms with E-state index >= 15 is 0 Å². The molecular weight excluding hydrogens is 260 g/mol. The van der Waals surface area contributed by atoms with Gasteiger partial charge in [0.2, 0.25) is 0 Å². The molecule has 3 aromatic rings. The molecule has 0 saturated heterocycles. The molecule has 0 heterocycles. The van der Waals surface area contributed by atoms with Crippen LogP contribution in [0, 0.1) is 13.8 Å². The van der Waals surface area contributed by atoms with Crippen LogP contribution in [0.2, 0.25) is 0 Å². The summed E-state index contributed by atoms with van der Waals surface area (Å²) < 4.78 is 0. The van der Waals surface area contributed by atoms with Crippen molar-refractivity contribution >= 4 is 22.1 Å². The molecule has 104 valence electrons. The second kappa shape index (κ2) is 5.37. The lowest BCUT2D eigenvalue weighted by atomic mass is 10.1. The third-order valence-electron chi connectivity index (χ3n) is 3.72. The van der Waals surface area contributed by atoms with E-state index in [2.05, 4.69) is 23.2 Å². The van der Waals surface area contributed by atoms with E-state index in [1.165, 1.54) is 5.56 Å². The minimum absolute atomic E-state index is 0.260. The van der Waals surface area contributed by atoms with Gasteiger partial charge < -0.3 is 5.11 Å². The molecule has 0 amide bonds. The zero-order valence-electron chi connectivity index (χ0n) is 12.0. The monoisotopic (exact) mass is 276 g/mol. The summed E-state index contributed by atoms with van der Waals surface area (Å²) in [5, 5.41) is 20.3. The van der Waals surface area contributed by atoms with Crippen LogP contribution in [0.15, 0.2) is 64.8 Å². The summed E-state index contributed by atoms with van der Waals surface area (Å²) in [6, 6.07) is 17.1. The fraction of sp³-hybridized carbons (Fsp3) is 0.111. The van der Waals surface area contributed by atoms with Gasteiger partial charge in [0.15, 0.2) is 0 Å². The summed E-state index contributed by atoms with van der Waals surface area (Å²) >= 11 is 0. The molecule has 0 aliphatic heterocycles. The molecule has 0 spiro atoms. The molecule has 3 heteroatoms. The minimum atomic E-state index is 0.260. The fourth-order valence-electron chi connectivity index (χ4n) is 2.31. The minimum Gasteiger partial charge on any atom is -0.507 e. The van der Waals surface area contributed by atoms with Gasteiger partial charge in [-0.25, -0.2) is 0 Å². The van der Waals surface area contributed by atoms with Crippen molar-refractivity contribution < 1.29 is 5.11 Å². The van der Waals surface area contributed by atoms with Crippen LogP contribution in [-0.2, 0) is 0 Å². The van der Waals surface area contributed by atoms with Gasteiger partial charge in [0.25, 0.3) is 0 Å². The Balaban J connectivity index is 2.08. The highest BCUT2D eigenvalue weighted by Gasteiger charge is 2.04. The summed E-state index contributed by atoms with van der Waals surface area (Å²) in [6.07, 6.45) is 0. The van der Waals surface area contributed by atoms with Crippen molar-refractivity contribution in [3.63, 3.8) is 0 Å². The van der Waals surface area contributed by atoms with Crippen molar-refractivity contribution in [3.05, 3.63) is 65.7 Å². The Hall–Kier alpha value is -2.68. The lowest BCUT2D eigenvalue weighted by molar-refractivity contribution is 0.481. The first kappa shape index (κ1) is 13.3. The molecule has 0 aliphatic carbocycles. The summed E-state index contributed by atoms with van der Waals surface area (Å²) in [6.45, 7) is 4.10. The molecule has 0 aromatic heterocycles. The summed E-state index contributed by atoms with van der Waals surface area (Å²) in [5.74, 6) is 0.260. The number of rotatable bonds is 2. The highest BCUT2D eigenvalue weighted by atomic mass is 16.3. The van der Waals surface area contributed by atoms with Crippen LogP contribution in [0.3, 0.4) is 0 Å². The van der Waals surface area contributed by atoms with Crippen LogP contribution in [0.25, 0.3) is 10.8 Å². The molecule has 0 fully saturated rings. The number of benzene rings is 3. The quantitative estimate of drug-likeness (QED) is 0.610. The molecule has 0 aliphatic rings. The average molecular weight is 276 g/mol. The van der Waals surface area contributed by atoms with Gasteiger partial charge in [-0.05, 0) is 43.2 Å². The molecular formula is C18H16N2O. The van der Waals surface area contributed by atoms with Crippen molar-refractivity contribution in [1.82, 2.24) is 0 Å². The Morgan fingerprint density at radius 2 is 1.43 bits per heavy atom. The number of fused-ring (bicyclic) bond motifs is 1. The number of aryl methyl sites for hydroxylation is 1. The zero-order chi connectivity index (χ0) is 14.8. The van der Waals surface area contributed by atoms with Crippen LogP contribution in [-0.4, -0.2) is 5.11 Å². The van der Waals surface area contributed by atoms with Crippen LogP contribution in [0.1, 0.15) is 11.1 Å². The van der Waals surface area contributed by atoms with Gasteiger partial charge in [-0.3, -0.25) is 0 Å². The number of hydrogen-bond acceptors (Lipinski definition) is 3. The van der Waals surface area contributed by atoms with Crippen molar-refractivity contribution in [2.75, 3.05) is 0 Å². The molecule has 3 rings (SSSR count). The van der Waals surface area contributed by atoms with Crippen LogP contribution in [0.4, 0.5) is 11.4 Å². The number of phenolic OH excluding ortho intramolecular Hbond substituents is 1. The standard InChI is InChI=1S/C18H16N2O/c1-12-6-5-9-16(13(12)2)19-20-17-10-11-18(21)15-8-4-3-7-14(15)17/h3-11,21H,1-2H3. The maximum Gasteiger partial charge on any atom is 0.123 e. The highest BCUT2D eigenvalue weighted by Crippen LogP contribution is 2.33. The molecule has 21 heavy (non-hydrogen) atoms. The largest absolute Gasteiger partial charge is 0.507 e. The molecule has 0 saturated carbocycles. The van der Waals surface area contributed by atoms with Gasteiger partial charge in [0.05, 0.1) is 11.4 Å². The topological polar surface area (TPSA) is 45.0 Å². The lowest BCUT2D eigenvalue weighted by Gasteiger charge is -2.04. The third-order valence-corrected chi connectivity index (χ3v) is 3.72. The van der Waals surface area contributed by atoms with Crippen molar-refractivity contribution in [2.24, 2.45) is 10.2 Å². The van der Waals surface area contributed by atoms with Gasteiger partial charge in [-0.15, -0.1) is 5.11 Å². The molecule has 0 atom stereocenters. The van der Waals surface area contributed by atoms with E-state index in [1.54, 1.807) is 12.1 Å². The van der Waals surface area contributed by atoms with Crippen LogP contribution < -0.4 is 0 Å². The van der Waals surface area contributed by atoms with Crippen molar-refractivity contribution in [1.29, 1.82) is 0 Å². The van der Waals surface area contributed by atoms with E-state index in [9.17, 15) is 5.11 Å². The van der Waals surface area contributed by atoms with Crippen molar-refractivity contribution in [3.8, 4) is 5.75 Å². The van der Waals surface area contributed by atoms with Gasteiger partial charge in [-0.1, -0.05) is 36.4 Å². The maximum atomic E-state index is 9.89.